The smallest absolute Gasteiger partial charge is 0.322 e. The molecule has 3 aromatic rings. The number of aromatic nitrogens is 1. The van der Waals surface area contributed by atoms with Gasteiger partial charge in [-0.05, 0) is 36.4 Å². The van der Waals surface area contributed by atoms with E-state index < -0.39 is 23.2 Å². The highest BCUT2D eigenvalue weighted by Gasteiger charge is 2.34. The molecule has 0 saturated carbocycles. The molecule has 0 radical (unpaired) electrons. The van der Waals surface area contributed by atoms with Gasteiger partial charge < -0.3 is 5.32 Å². The van der Waals surface area contributed by atoms with Crippen LogP contribution in [-0.2, 0) is 6.18 Å². The van der Waals surface area contributed by atoms with E-state index in [4.69, 9.17) is 0 Å². The fourth-order valence-corrected chi connectivity index (χ4v) is 2.83. The minimum Gasteiger partial charge on any atom is -0.322 e. The maximum absolute atomic E-state index is 13.0. The second-order valence-corrected chi connectivity index (χ2v) is 5.81. The highest BCUT2D eigenvalue weighted by molar-refractivity contribution is 7.13. The number of thiazole rings is 1. The first-order valence-corrected chi connectivity index (χ1v) is 7.80. The Morgan fingerprint density at radius 1 is 1.04 bits per heavy atom. The summed E-state index contributed by atoms with van der Waals surface area (Å²) < 4.78 is 38.9. The standard InChI is InChI=1S/C17H11F3N2OS/c18-17(19,20)14-4-2-1-3-13(14)15(23)22-12-7-5-11(6-8-12)16-21-9-10-24-16/h1-10H,(H,22,23). The minimum atomic E-state index is -4.58. The van der Waals surface area contributed by atoms with Crippen molar-refractivity contribution in [3.63, 3.8) is 0 Å². The molecule has 0 saturated heterocycles. The Bertz CT molecular complexity index is 843. The fourth-order valence-electron chi connectivity index (χ4n) is 2.19. The second kappa shape index (κ2) is 6.45. The van der Waals surface area contributed by atoms with Crippen molar-refractivity contribution in [1.82, 2.24) is 4.98 Å². The molecule has 7 heteroatoms. The third-order valence-electron chi connectivity index (χ3n) is 3.30. The number of alkyl halides is 3. The Balaban J connectivity index is 1.81. The lowest BCUT2D eigenvalue weighted by Gasteiger charge is -2.12. The number of nitrogens with zero attached hydrogens (tertiary/aromatic N) is 1. The maximum atomic E-state index is 13.0. The predicted octanol–water partition coefficient (Wildman–Crippen LogP) is 5.08. The molecule has 0 atom stereocenters. The number of anilines is 1. The SMILES string of the molecule is O=C(Nc1ccc(-c2nccs2)cc1)c1ccccc1C(F)(F)F. The summed E-state index contributed by atoms with van der Waals surface area (Å²) in [4.78, 5) is 16.3. The molecule has 24 heavy (non-hydrogen) atoms. The van der Waals surface area contributed by atoms with Gasteiger partial charge in [0, 0.05) is 22.8 Å². The van der Waals surface area contributed by atoms with E-state index in [0.717, 1.165) is 22.7 Å². The fraction of sp³-hybridized carbons (Fsp3) is 0.0588. The number of carbonyl (C=O) groups excluding carboxylic acids is 1. The molecule has 0 aliphatic carbocycles. The first-order valence-electron chi connectivity index (χ1n) is 6.92. The van der Waals surface area contributed by atoms with E-state index >= 15 is 0 Å². The number of carbonyl (C=O) groups is 1. The number of benzene rings is 2. The Morgan fingerprint density at radius 2 is 1.75 bits per heavy atom. The molecule has 1 amide bonds. The van der Waals surface area contributed by atoms with Gasteiger partial charge in [0.15, 0.2) is 0 Å². The summed E-state index contributed by atoms with van der Waals surface area (Å²) in [6, 6.07) is 11.5. The molecule has 0 aliphatic rings. The first-order chi connectivity index (χ1) is 11.4. The third-order valence-corrected chi connectivity index (χ3v) is 4.12. The van der Waals surface area contributed by atoms with Crippen LogP contribution in [0.2, 0.25) is 0 Å². The molecular formula is C17H11F3N2OS. The molecule has 3 rings (SSSR count). The van der Waals surface area contributed by atoms with Crippen molar-refractivity contribution in [3.8, 4) is 10.6 Å². The molecule has 0 spiro atoms. The highest BCUT2D eigenvalue weighted by atomic mass is 32.1. The summed E-state index contributed by atoms with van der Waals surface area (Å²) in [6.45, 7) is 0. The van der Waals surface area contributed by atoms with E-state index in [9.17, 15) is 18.0 Å². The lowest BCUT2D eigenvalue weighted by Crippen LogP contribution is -2.18. The number of rotatable bonds is 3. The number of hydrogen-bond acceptors (Lipinski definition) is 3. The second-order valence-electron chi connectivity index (χ2n) is 4.91. The molecule has 0 bridgehead atoms. The van der Waals surface area contributed by atoms with Gasteiger partial charge in [0.25, 0.3) is 5.91 Å². The Labute approximate surface area is 139 Å². The van der Waals surface area contributed by atoms with Crippen LogP contribution in [0.5, 0.6) is 0 Å². The summed E-state index contributed by atoms with van der Waals surface area (Å²) in [5.74, 6) is -0.801. The topological polar surface area (TPSA) is 42.0 Å². The summed E-state index contributed by atoms with van der Waals surface area (Å²) in [5.41, 5.74) is -0.0770. The van der Waals surface area contributed by atoms with Crippen LogP contribution in [0, 0.1) is 0 Å². The van der Waals surface area contributed by atoms with Gasteiger partial charge in [-0.25, -0.2) is 4.98 Å². The van der Waals surface area contributed by atoms with Crippen molar-refractivity contribution >= 4 is 22.9 Å². The van der Waals surface area contributed by atoms with E-state index in [1.165, 1.54) is 23.5 Å². The van der Waals surface area contributed by atoms with Crippen molar-refractivity contribution < 1.29 is 18.0 Å². The van der Waals surface area contributed by atoms with Gasteiger partial charge in [0.2, 0.25) is 0 Å². The summed E-state index contributed by atoms with van der Waals surface area (Å²) in [7, 11) is 0. The third kappa shape index (κ3) is 3.46. The summed E-state index contributed by atoms with van der Waals surface area (Å²) in [6.07, 6.45) is -2.90. The molecule has 1 heterocycles. The van der Waals surface area contributed by atoms with E-state index in [-0.39, 0.29) is 0 Å². The van der Waals surface area contributed by atoms with E-state index in [1.807, 2.05) is 5.38 Å². The van der Waals surface area contributed by atoms with Crippen LogP contribution < -0.4 is 5.32 Å². The first kappa shape index (κ1) is 16.2. The van der Waals surface area contributed by atoms with Crippen LogP contribution in [0.4, 0.5) is 18.9 Å². The monoisotopic (exact) mass is 348 g/mol. The van der Waals surface area contributed by atoms with Crippen molar-refractivity contribution in [2.45, 2.75) is 6.18 Å². The molecule has 3 nitrogen and oxygen atoms in total. The summed E-state index contributed by atoms with van der Waals surface area (Å²) in [5, 5.41) is 5.16. The Morgan fingerprint density at radius 3 is 2.38 bits per heavy atom. The van der Waals surface area contributed by atoms with Gasteiger partial charge in [0.1, 0.15) is 5.01 Å². The number of amides is 1. The van der Waals surface area contributed by atoms with Gasteiger partial charge in [0.05, 0.1) is 11.1 Å². The van der Waals surface area contributed by atoms with Crippen molar-refractivity contribution in [2.24, 2.45) is 0 Å². The molecule has 122 valence electrons. The van der Waals surface area contributed by atoms with Gasteiger partial charge in [-0.3, -0.25) is 4.79 Å². The van der Waals surface area contributed by atoms with E-state index in [2.05, 4.69) is 10.3 Å². The van der Waals surface area contributed by atoms with Gasteiger partial charge in [-0.15, -0.1) is 11.3 Å². The lowest BCUT2D eigenvalue weighted by atomic mass is 10.1. The van der Waals surface area contributed by atoms with Gasteiger partial charge >= 0.3 is 6.18 Å². The number of hydrogen-bond donors (Lipinski definition) is 1. The van der Waals surface area contributed by atoms with Crippen molar-refractivity contribution in [1.29, 1.82) is 0 Å². The van der Waals surface area contributed by atoms with Gasteiger partial charge in [-0.2, -0.15) is 13.2 Å². The van der Waals surface area contributed by atoms with E-state index in [1.54, 1.807) is 30.5 Å². The molecular weight excluding hydrogens is 337 g/mol. The zero-order valence-electron chi connectivity index (χ0n) is 12.2. The summed E-state index contributed by atoms with van der Waals surface area (Å²) >= 11 is 1.47. The Hall–Kier alpha value is -2.67. The zero-order valence-corrected chi connectivity index (χ0v) is 13.0. The predicted molar refractivity (Wildman–Crippen MR) is 86.9 cm³/mol. The van der Waals surface area contributed by atoms with Crippen LogP contribution >= 0.6 is 11.3 Å². The average Bonchev–Trinajstić information content (AvgIpc) is 3.09. The Kier molecular flexibility index (Phi) is 4.35. The van der Waals surface area contributed by atoms with Crippen LogP contribution in [0.3, 0.4) is 0 Å². The zero-order chi connectivity index (χ0) is 17.2. The highest BCUT2D eigenvalue weighted by Crippen LogP contribution is 2.32. The van der Waals surface area contributed by atoms with E-state index in [0.29, 0.717) is 5.69 Å². The molecule has 1 N–H and O–H groups in total. The van der Waals surface area contributed by atoms with Crippen LogP contribution in [0.25, 0.3) is 10.6 Å². The minimum absolute atomic E-state index is 0.408. The number of nitrogens with one attached hydrogen (secondary N) is 1. The largest absolute Gasteiger partial charge is 0.417 e. The van der Waals surface area contributed by atoms with Crippen molar-refractivity contribution in [3.05, 3.63) is 71.2 Å². The average molecular weight is 348 g/mol. The van der Waals surface area contributed by atoms with Crippen molar-refractivity contribution in [2.75, 3.05) is 5.32 Å². The van der Waals surface area contributed by atoms with Gasteiger partial charge in [-0.1, -0.05) is 12.1 Å². The maximum Gasteiger partial charge on any atom is 0.417 e. The lowest BCUT2D eigenvalue weighted by molar-refractivity contribution is -0.137. The van der Waals surface area contributed by atoms with Crippen LogP contribution in [0.1, 0.15) is 15.9 Å². The molecule has 0 aliphatic heterocycles. The molecule has 0 fully saturated rings. The molecule has 1 aromatic heterocycles. The molecule has 2 aromatic carbocycles. The normalized spacial score (nSPS) is 11.3. The van der Waals surface area contributed by atoms with Crippen LogP contribution in [0.15, 0.2) is 60.1 Å². The quantitative estimate of drug-likeness (QED) is 0.717. The number of halogens is 3. The van der Waals surface area contributed by atoms with Crippen LogP contribution in [-0.4, -0.2) is 10.9 Å². The molecule has 0 unspecified atom stereocenters.